The molecule has 1 amide bonds. The van der Waals surface area contributed by atoms with E-state index in [0.717, 1.165) is 18.2 Å². The number of carboxylic acid groups (broad SMARTS) is 1. The van der Waals surface area contributed by atoms with Gasteiger partial charge in [0.25, 0.3) is 0 Å². The molecule has 0 saturated carbocycles. The molecule has 1 N–H and O–H groups in total. The van der Waals surface area contributed by atoms with E-state index in [4.69, 9.17) is 0 Å². The zero-order valence-corrected chi connectivity index (χ0v) is 15.0. The number of allylic oxidation sites excluding steroid dienone is 2. The SMILES string of the molecule is C=C(C#CC(C)(C)C)S/C(C(=O)O)=C(\C)N(C=O)C(C)CC. The Labute approximate surface area is 137 Å². The van der Waals surface area contributed by atoms with Gasteiger partial charge in [0.05, 0.1) is 4.91 Å². The van der Waals surface area contributed by atoms with E-state index in [-0.39, 0.29) is 16.4 Å². The van der Waals surface area contributed by atoms with Crippen molar-refractivity contribution in [3.05, 3.63) is 22.1 Å². The Morgan fingerprint density at radius 1 is 1.45 bits per heavy atom. The molecule has 0 spiro atoms. The van der Waals surface area contributed by atoms with Crippen LogP contribution < -0.4 is 0 Å². The van der Waals surface area contributed by atoms with Crippen LogP contribution in [0.4, 0.5) is 0 Å². The van der Waals surface area contributed by atoms with Crippen LogP contribution in [0.3, 0.4) is 0 Å². The topological polar surface area (TPSA) is 57.6 Å². The first-order chi connectivity index (χ1) is 10.0. The molecule has 0 aliphatic heterocycles. The van der Waals surface area contributed by atoms with E-state index in [1.807, 2.05) is 34.6 Å². The van der Waals surface area contributed by atoms with Gasteiger partial charge in [0.2, 0.25) is 6.41 Å². The third-order valence-electron chi connectivity index (χ3n) is 2.89. The van der Waals surface area contributed by atoms with Gasteiger partial charge < -0.3 is 10.0 Å². The standard InChI is InChI=1S/C17H25NO3S/c1-8-12(2)18(11-19)14(4)15(16(20)21)22-13(3)9-10-17(5,6)7/h11-12H,3,8H2,1-2,4-7H3,(H,20,21)/b15-14+. The molecule has 0 aromatic carbocycles. The van der Waals surface area contributed by atoms with Gasteiger partial charge in [-0.05, 0) is 41.0 Å². The van der Waals surface area contributed by atoms with E-state index >= 15 is 0 Å². The Morgan fingerprint density at radius 3 is 2.36 bits per heavy atom. The number of amides is 1. The molecule has 0 radical (unpaired) electrons. The van der Waals surface area contributed by atoms with Gasteiger partial charge in [-0.25, -0.2) is 4.79 Å². The highest BCUT2D eigenvalue weighted by atomic mass is 32.2. The molecule has 4 nitrogen and oxygen atoms in total. The highest BCUT2D eigenvalue weighted by Crippen LogP contribution is 2.29. The van der Waals surface area contributed by atoms with Gasteiger partial charge >= 0.3 is 5.97 Å². The molecule has 0 saturated heterocycles. The maximum atomic E-state index is 11.5. The van der Waals surface area contributed by atoms with Gasteiger partial charge in [-0.1, -0.05) is 37.1 Å². The highest BCUT2D eigenvalue weighted by Gasteiger charge is 2.20. The number of nitrogens with zero attached hydrogens (tertiary/aromatic N) is 1. The normalized spacial score (nSPS) is 13.4. The molecule has 0 aromatic rings. The number of thioether (sulfide) groups is 1. The summed E-state index contributed by atoms with van der Waals surface area (Å²) in [6.07, 6.45) is 1.40. The number of hydrogen-bond donors (Lipinski definition) is 1. The average molecular weight is 323 g/mol. The Balaban J connectivity index is 5.49. The molecule has 0 aromatic heterocycles. The van der Waals surface area contributed by atoms with Crippen LogP contribution in [0.5, 0.6) is 0 Å². The molecular formula is C17H25NO3S. The molecule has 122 valence electrons. The van der Waals surface area contributed by atoms with Crippen molar-refractivity contribution in [1.29, 1.82) is 0 Å². The van der Waals surface area contributed by atoms with Crippen molar-refractivity contribution in [2.75, 3.05) is 0 Å². The Kier molecular flexibility index (Phi) is 8.04. The van der Waals surface area contributed by atoms with E-state index in [1.165, 1.54) is 4.90 Å². The van der Waals surface area contributed by atoms with Crippen LogP contribution in [0.15, 0.2) is 22.1 Å². The largest absolute Gasteiger partial charge is 0.477 e. The molecule has 0 bridgehead atoms. The van der Waals surface area contributed by atoms with Gasteiger partial charge in [0, 0.05) is 17.2 Å². The molecule has 0 aliphatic rings. The van der Waals surface area contributed by atoms with E-state index in [0.29, 0.717) is 17.0 Å². The average Bonchev–Trinajstić information content (AvgIpc) is 2.41. The van der Waals surface area contributed by atoms with Crippen LogP contribution in [0.1, 0.15) is 48.0 Å². The van der Waals surface area contributed by atoms with Crippen molar-refractivity contribution >= 4 is 24.1 Å². The fraction of sp³-hybridized carbons (Fsp3) is 0.529. The second kappa shape index (κ2) is 8.70. The summed E-state index contributed by atoms with van der Waals surface area (Å²) in [5.41, 5.74) is 0.220. The minimum absolute atomic E-state index is 0.0682. The summed E-state index contributed by atoms with van der Waals surface area (Å²) >= 11 is 0.985. The van der Waals surface area contributed by atoms with Crippen LogP contribution in [0, 0.1) is 17.3 Å². The van der Waals surface area contributed by atoms with Crippen molar-refractivity contribution < 1.29 is 14.7 Å². The fourth-order valence-corrected chi connectivity index (χ4v) is 2.19. The molecule has 0 rings (SSSR count). The molecule has 1 unspecified atom stereocenters. The smallest absolute Gasteiger partial charge is 0.344 e. The summed E-state index contributed by atoms with van der Waals surface area (Å²) in [5, 5.41) is 9.41. The summed E-state index contributed by atoms with van der Waals surface area (Å²) in [7, 11) is 0. The minimum atomic E-state index is -1.09. The van der Waals surface area contributed by atoms with Crippen molar-refractivity contribution in [3.63, 3.8) is 0 Å². The maximum absolute atomic E-state index is 11.5. The molecule has 0 heterocycles. The van der Waals surface area contributed by atoms with Gasteiger partial charge in [0.15, 0.2) is 0 Å². The molecule has 0 fully saturated rings. The van der Waals surface area contributed by atoms with Gasteiger partial charge in [-0.3, -0.25) is 4.79 Å². The van der Waals surface area contributed by atoms with Gasteiger partial charge in [-0.15, -0.1) is 0 Å². The Morgan fingerprint density at radius 2 is 2.00 bits per heavy atom. The number of rotatable bonds is 7. The summed E-state index contributed by atoms with van der Waals surface area (Å²) < 4.78 is 0. The second-order valence-electron chi connectivity index (χ2n) is 6.01. The number of aliphatic carboxylic acids is 1. The van der Waals surface area contributed by atoms with Crippen LogP contribution in [0.25, 0.3) is 0 Å². The lowest BCUT2D eigenvalue weighted by Crippen LogP contribution is -2.31. The number of carbonyl (C=O) groups is 2. The molecule has 5 heteroatoms. The third kappa shape index (κ3) is 6.86. The van der Waals surface area contributed by atoms with Gasteiger partial charge in [0.1, 0.15) is 4.91 Å². The van der Waals surface area contributed by atoms with E-state index < -0.39 is 5.97 Å². The summed E-state index contributed by atoms with van der Waals surface area (Å²) in [6.45, 7) is 15.1. The van der Waals surface area contributed by atoms with Crippen LogP contribution in [-0.2, 0) is 9.59 Å². The first kappa shape index (κ1) is 20.3. The minimum Gasteiger partial charge on any atom is -0.477 e. The fourth-order valence-electron chi connectivity index (χ4n) is 1.51. The van der Waals surface area contributed by atoms with E-state index in [2.05, 4.69) is 18.4 Å². The molecule has 22 heavy (non-hydrogen) atoms. The lowest BCUT2D eigenvalue weighted by molar-refractivity contribution is -0.131. The monoisotopic (exact) mass is 323 g/mol. The molecule has 0 aliphatic carbocycles. The van der Waals surface area contributed by atoms with Crippen LogP contribution in [0.2, 0.25) is 0 Å². The Bertz CT molecular complexity index is 532. The number of hydrogen-bond acceptors (Lipinski definition) is 3. The van der Waals surface area contributed by atoms with Crippen LogP contribution >= 0.6 is 11.8 Å². The maximum Gasteiger partial charge on any atom is 0.344 e. The van der Waals surface area contributed by atoms with Gasteiger partial charge in [-0.2, -0.15) is 0 Å². The lowest BCUT2D eigenvalue weighted by atomic mass is 9.98. The quantitative estimate of drug-likeness (QED) is 0.439. The Hall–Kier alpha value is -1.67. The summed E-state index contributed by atoms with van der Waals surface area (Å²) in [4.78, 5) is 24.7. The summed E-state index contributed by atoms with van der Waals surface area (Å²) in [5.74, 6) is 4.80. The van der Waals surface area contributed by atoms with Crippen molar-refractivity contribution in [2.45, 2.75) is 54.0 Å². The zero-order valence-electron chi connectivity index (χ0n) is 14.2. The van der Waals surface area contributed by atoms with Crippen LogP contribution in [-0.4, -0.2) is 28.4 Å². The highest BCUT2D eigenvalue weighted by molar-refractivity contribution is 8.07. The van der Waals surface area contributed by atoms with E-state index in [9.17, 15) is 14.7 Å². The predicted octanol–water partition coefficient (Wildman–Crippen LogP) is 3.86. The molecule has 1 atom stereocenters. The predicted molar refractivity (Wildman–Crippen MR) is 92.0 cm³/mol. The number of carbonyl (C=O) groups excluding carboxylic acids is 1. The summed E-state index contributed by atoms with van der Waals surface area (Å²) in [6, 6.07) is -0.0682. The lowest BCUT2D eigenvalue weighted by Gasteiger charge is -2.26. The third-order valence-corrected chi connectivity index (χ3v) is 3.91. The van der Waals surface area contributed by atoms with Crippen molar-refractivity contribution in [2.24, 2.45) is 5.41 Å². The number of carboxylic acids is 1. The molecular weight excluding hydrogens is 298 g/mol. The first-order valence-electron chi connectivity index (χ1n) is 7.11. The van der Waals surface area contributed by atoms with Crippen molar-refractivity contribution in [1.82, 2.24) is 4.90 Å². The first-order valence-corrected chi connectivity index (χ1v) is 7.92. The van der Waals surface area contributed by atoms with Crippen molar-refractivity contribution in [3.8, 4) is 11.8 Å². The zero-order chi connectivity index (χ0) is 17.5. The van der Waals surface area contributed by atoms with E-state index in [1.54, 1.807) is 6.92 Å². The second-order valence-corrected chi connectivity index (χ2v) is 7.12.